The van der Waals surface area contributed by atoms with Crippen molar-refractivity contribution in [3.63, 3.8) is 0 Å². The van der Waals surface area contributed by atoms with Gasteiger partial charge in [-0.15, -0.1) is 0 Å². The number of nitrogens with one attached hydrogen (secondary N) is 2. The highest BCUT2D eigenvalue weighted by molar-refractivity contribution is 5.93. The van der Waals surface area contributed by atoms with E-state index in [2.05, 4.69) is 22.4 Å². The Labute approximate surface area is 117 Å². The van der Waals surface area contributed by atoms with Crippen LogP contribution in [0.4, 0.5) is 0 Å². The molecule has 0 atom stereocenters. The molecule has 5 heteroatoms. The second-order valence-corrected chi connectivity index (χ2v) is 5.15. The van der Waals surface area contributed by atoms with Crippen molar-refractivity contribution < 1.29 is 9.59 Å². The van der Waals surface area contributed by atoms with Crippen molar-refractivity contribution in [1.82, 2.24) is 10.3 Å². The lowest BCUT2D eigenvalue weighted by atomic mass is 10.0. The van der Waals surface area contributed by atoms with Crippen LogP contribution in [0.2, 0.25) is 0 Å². The third-order valence-corrected chi connectivity index (χ3v) is 3.37. The molecule has 4 N–H and O–H groups in total. The van der Waals surface area contributed by atoms with Gasteiger partial charge in [0.05, 0.1) is 13.0 Å². The Morgan fingerprint density at radius 3 is 2.60 bits per heavy atom. The molecule has 1 aromatic heterocycles. The van der Waals surface area contributed by atoms with Gasteiger partial charge in [-0.1, -0.05) is 11.6 Å². The van der Waals surface area contributed by atoms with Crippen LogP contribution in [0.15, 0.2) is 12.1 Å². The number of hydrogen-bond acceptors (Lipinski definition) is 2. The molecule has 1 heterocycles. The van der Waals surface area contributed by atoms with E-state index in [1.807, 2.05) is 20.8 Å². The summed E-state index contributed by atoms with van der Waals surface area (Å²) in [7, 11) is 0. The second-order valence-electron chi connectivity index (χ2n) is 5.15. The molecule has 0 aliphatic rings. The number of fused-ring (bicyclic) bond motifs is 1. The highest BCUT2D eigenvalue weighted by atomic mass is 16.2. The first-order valence-corrected chi connectivity index (χ1v) is 6.52. The van der Waals surface area contributed by atoms with Crippen molar-refractivity contribution >= 4 is 22.7 Å². The molecule has 2 rings (SSSR count). The van der Waals surface area contributed by atoms with Gasteiger partial charge in [0.2, 0.25) is 11.8 Å². The first-order chi connectivity index (χ1) is 9.38. The maximum absolute atomic E-state index is 11.8. The molecule has 0 fully saturated rings. The van der Waals surface area contributed by atoms with Crippen molar-refractivity contribution in [2.75, 3.05) is 6.54 Å². The Kier molecular flexibility index (Phi) is 3.79. The number of aromatic nitrogens is 1. The molecule has 0 unspecified atom stereocenters. The SMILES string of the molecule is Cc1cc(C)c2[nH]c(C)c(CC(=O)NCC(N)=O)c2c1. The van der Waals surface area contributed by atoms with Crippen LogP contribution in [0.3, 0.4) is 0 Å². The van der Waals surface area contributed by atoms with Gasteiger partial charge in [0, 0.05) is 16.6 Å². The third kappa shape index (κ3) is 2.82. The molecule has 0 aliphatic carbocycles. The smallest absolute Gasteiger partial charge is 0.236 e. The van der Waals surface area contributed by atoms with Crippen molar-refractivity contribution in [1.29, 1.82) is 0 Å². The molecule has 106 valence electrons. The minimum Gasteiger partial charge on any atom is -0.368 e. The average molecular weight is 273 g/mol. The number of hydrogen-bond donors (Lipinski definition) is 3. The van der Waals surface area contributed by atoms with Crippen molar-refractivity contribution in [3.05, 3.63) is 34.5 Å². The maximum Gasteiger partial charge on any atom is 0.236 e. The molecule has 2 aromatic rings. The van der Waals surface area contributed by atoms with Gasteiger partial charge in [-0.25, -0.2) is 0 Å². The quantitative estimate of drug-likeness (QED) is 0.782. The van der Waals surface area contributed by atoms with E-state index in [0.717, 1.165) is 33.3 Å². The fraction of sp³-hybridized carbons (Fsp3) is 0.333. The summed E-state index contributed by atoms with van der Waals surface area (Å²) in [5.41, 5.74) is 10.3. The summed E-state index contributed by atoms with van der Waals surface area (Å²) in [5, 5.41) is 3.58. The number of carbonyl (C=O) groups is 2. The van der Waals surface area contributed by atoms with Gasteiger partial charge < -0.3 is 16.0 Å². The standard InChI is InChI=1S/C15H19N3O2/c1-8-4-9(2)15-12(5-8)11(10(3)18-15)6-14(20)17-7-13(16)19/h4-5,18H,6-7H2,1-3H3,(H2,16,19)(H,17,20). The van der Waals surface area contributed by atoms with E-state index in [4.69, 9.17) is 5.73 Å². The predicted molar refractivity (Wildman–Crippen MR) is 78.4 cm³/mol. The highest BCUT2D eigenvalue weighted by Gasteiger charge is 2.14. The zero-order valence-corrected chi connectivity index (χ0v) is 12.0. The van der Waals surface area contributed by atoms with Gasteiger partial charge in [0.15, 0.2) is 0 Å². The van der Waals surface area contributed by atoms with Gasteiger partial charge in [-0.2, -0.15) is 0 Å². The van der Waals surface area contributed by atoms with Gasteiger partial charge in [0.1, 0.15) is 0 Å². The predicted octanol–water partition coefficient (Wildman–Crippen LogP) is 1.24. The Morgan fingerprint density at radius 2 is 1.95 bits per heavy atom. The number of benzene rings is 1. The molecule has 5 nitrogen and oxygen atoms in total. The maximum atomic E-state index is 11.8. The summed E-state index contributed by atoms with van der Waals surface area (Å²) in [6.07, 6.45) is 0.238. The van der Waals surface area contributed by atoms with E-state index in [9.17, 15) is 9.59 Å². The molecule has 1 aromatic carbocycles. The number of carbonyl (C=O) groups excluding carboxylic acids is 2. The summed E-state index contributed by atoms with van der Waals surface area (Å²) in [5.74, 6) is -0.743. The Balaban J connectivity index is 2.32. The van der Waals surface area contributed by atoms with Crippen LogP contribution in [0.25, 0.3) is 10.9 Å². The fourth-order valence-electron chi connectivity index (χ4n) is 2.47. The molecular formula is C15H19N3O2. The van der Waals surface area contributed by atoms with Gasteiger partial charge in [-0.05, 0) is 38.0 Å². The third-order valence-electron chi connectivity index (χ3n) is 3.37. The number of nitrogens with two attached hydrogens (primary N) is 1. The van der Waals surface area contributed by atoms with E-state index in [1.165, 1.54) is 0 Å². The number of H-pyrrole nitrogens is 1. The Morgan fingerprint density at radius 1 is 1.25 bits per heavy atom. The van der Waals surface area contributed by atoms with E-state index in [1.54, 1.807) is 0 Å². The topological polar surface area (TPSA) is 88.0 Å². The summed E-state index contributed by atoms with van der Waals surface area (Å²) in [6.45, 7) is 5.90. The van der Waals surface area contributed by atoms with E-state index < -0.39 is 5.91 Å². The molecule has 0 bridgehead atoms. The first-order valence-electron chi connectivity index (χ1n) is 6.52. The number of aromatic amines is 1. The van der Waals surface area contributed by atoms with Crippen molar-refractivity contribution in [3.8, 4) is 0 Å². The second kappa shape index (κ2) is 5.36. The van der Waals surface area contributed by atoms with Gasteiger partial charge in [-0.3, -0.25) is 9.59 Å². The Bertz CT molecular complexity index is 686. The Hall–Kier alpha value is -2.30. The van der Waals surface area contributed by atoms with E-state index >= 15 is 0 Å². The number of primary amides is 1. The zero-order chi connectivity index (χ0) is 14.9. The monoisotopic (exact) mass is 273 g/mol. The minimum atomic E-state index is -0.541. The van der Waals surface area contributed by atoms with Crippen LogP contribution in [0.1, 0.15) is 22.4 Å². The molecule has 0 radical (unpaired) electrons. The summed E-state index contributed by atoms with van der Waals surface area (Å²) in [4.78, 5) is 25.8. The van der Waals surface area contributed by atoms with Crippen LogP contribution >= 0.6 is 0 Å². The highest BCUT2D eigenvalue weighted by Crippen LogP contribution is 2.26. The summed E-state index contributed by atoms with van der Waals surface area (Å²) < 4.78 is 0. The number of amides is 2. The summed E-state index contributed by atoms with van der Waals surface area (Å²) in [6, 6.07) is 4.18. The van der Waals surface area contributed by atoms with E-state index in [-0.39, 0.29) is 18.9 Å². The summed E-state index contributed by atoms with van der Waals surface area (Å²) >= 11 is 0. The van der Waals surface area contributed by atoms with Crippen molar-refractivity contribution in [2.45, 2.75) is 27.2 Å². The molecule has 20 heavy (non-hydrogen) atoms. The van der Waals surface area contributed by atoms with Crippen LogP contribution in [0.5, 0.6) is 0 Å². The largest absolute Gasteiger partial charge is 0.368 e. The van der Waals surface area contributed by atoms with Gasteiger partial charge in [0.25, 0.3) is 0 Å². The average Bonchev–Trinajstić information content (AvgIpc) is 2.65. The van der Waals surface area contributed by atoms with E-state index in [0.29, 0.717) is 0 Å². The molecular weight excluding hydrogens is 254 g/mol. The minimum absolute atomic E-state index is 0.127. The van der Waals surface area contributed by atoms with Crippen molar-refractivity contribution in [2.24, 2.45) is 5.73 Å². The molecule has 0 saturated heterocycles. The number of aryl methyl sites for hydroxylation is 3. The lowest BCUT2D eigenvalue weighted by molar-refractivity contribution is -0.124. The normalized spacial score (nSPS) is 10.8. The molecule has 0 spiro atoms. The molecule has 0 saturated carbocycles. The van der Waals surface area contributed by atoms with Crippen LogP contribution in [-0.4, -0.2) is 23.3 Å². The van der Waals surface area contributed by atoms with Crippen LogP contribution < -0.4 is 11.1 Å². The molecule has 2 amide bonds. The molecule has 0 aliphatic heterocycles. The van der Waals surface area contributed by atoms with Gasteiger partial charge >= 0.3 is 0 Å². The fourth-order valence-corrected chi connectivity index (χ4v) is 2.47. The van der Waals surface area contributed by atoms with Crippen LogP contribution in [0, 0.1) is 20.8 Å². The lowest BCUT2D eigenvalue weighted by Crippen LogP contribution is -2.34. The van der Waals surface area contributed by atoms with Crippen LogP contribution in [-0.2, 0) is 16.0 Å². The lowest BCUT2D eigenvalue weighted by Gasteiger charge is -2.04. The zero-order valence-electron chi connectivity index (χ0n) is 12.0. The number of rotatable bonds is 4. The first kappa shape index (κ1) is 14.1.